The quantitative estimate of drug-likeness (QED) is 0.285. The van der Waals surface area contributed by atoms with Gasteiger partial charge in [0.25, 0.3) is 0 Å². The van der Waals surface area contributed by atoms with Gasteiger partial charge in [-0.2, -0.15) is 0 Å². The van der Waals surface area contributed by atoms with Crippen molar-refractivity contribution in [1.82, 2.24) is 24.0 Å². The number of H-pyrrole nitrogens is 1. The Bertz CT molecular complexity index is 1490. The molecule has 2 aliphatic heterocycles. The van der Waals surface area contributed by atoms with Crippen LogP contribution in [-0.4, -0.2) is 99.4 Å². The Hall–Kier alpha value is -3.01. The smallest absolute Gasteiger partial charge is 0.218 e. The van der Waals surface area contributed by atoms with Gasteiger partial charge in [-0.05, 0) is 74.8 Å². The highest BCUT2D eigenvalue weighted by atomic mass is 32.2. The second kappa shape index (κ2) is 14.6. The van der Waals surface area contributed by atoms with Crippen molar-refractivity contribution in [2.45, 2.75) is 31.1 Å². The Kier molecular flexibility index (Phi) is 10.7. The zero-order valence-corrected chi connectivity index (χ0v) is 26.8. The number of hydrogen-bond donors (Lipinski definition) is 1. The van der Waals surface area contributed by atoms with Gasteiger partial charge < -0.3 is 14.8 Å². The van der Waals surface area contributed by atoms with Crippen LogP contribution in [0.5, 0.6) is 0 Å². The minimum absolute atomic E-state index is 0.0985. The minimum atomic E-state index is -3.19. The highest BCUT2D eigenvalue weighted by Gasteiger charge is 2.26. The number of nitrogens with one attached hydrogen (secondary N) is 1. The Labute approximate surface area is 258 Å². The first kappa shape index (κ1) is 31.4. The molecule has 7 nitrogen and oxygen atoms in total. The van der Waals surface area contributed by atoms with E-state index in [1.54, 1.807) is 4.31 Å². The molecule has 0 spiro atoms. The molecule has 0 atom stereocenters. The van der Waals surface area contributed by atoms with E-state index in [0.717, 1.165) is 68.5 Å². The van der Waals surface area contributed by atoms with E-state index in [2.05, 4.69) is 101 Å². The lowest BCUT2D eigenvalue weighted by Gasteiger charge is -2.38. The van der Waals surface area contributed by atoms with Gasteiger partial charge in [0.05, 0.1) is 11.8 Å². The van der Waals surface area contributed by atoms with Gasteiger partial charge in [0, 0.05) is 62.9 Å². The van der Waals surface area contributed by atoms with E-state index >= 15 is 0 Å². The third-order valence-electron chi connectivity index (χ3n) is 8.60. The predicted octanol–water partition coefficient (Wildman–Crippen LogP) is 5.22. The summed E-state index contributed by atoms with van der Waals surface area (Å²) in [5, 5.41) is 1.14. The average molecular weight is 602 g/mol. The summed E-state index contributed by atoms with van der Waals surface area (Å²) in [7, 11) is 3.13. The number of rotatable bonds is 9. The summed E-state index contributed by atoms with van der Waals surface area (Å²) < 4.78 is 26.6. The summed E-state index contributed by atoms with van der Waals surface area (Å²) in [6.45, 7) is 6.87. The number of aromatic nitrogens is 1. The Morgan fingerprint density at radius 1 is 0.814 bits per heavy atom. The molecule has 0 amide bonds. The number of fused-ring (bicyclic) bond motifs is 1. The van der Waals surface area contributed by atoms with Crippen LogP contribution in [0.2, 0.25) is 0 Å². The molecular formula is C35H47N5O2S. The van der Waals surface area contributed by atoms with E-state index in [-0.39, 0.29) is 5.75 Å². The normalized spacial score (nSPS) is 17.0. The van der Waals surface area contributed by atoms with Gasteiger partial charge in [-0.25, -0.2) is 12.7 Å². The van der Waals surface area contributed by atoms with E-state index in [4.69, 9.17) is 0 Å². The van der Waals surface area contributed by atoms with Crippen molar-refractivity contribution in [2.75, 3.05) is 67.0 Å². The molecule has 4 aromatic rings. The zero-order chi connectivity index (χ0) is 30.2. The van der Waals surface area contributed by atoms with Crippen molar-refractivity contribution < 1.29 is 8.42 Å². The summed E-state index contributed by atoms with van der Waals surface area (Å²) in [5.41, 5.74) is 5.97. The Balaban J connectivity index is 0.000000173. The molecule has 1 aromatic heterocycles. The summed E-state index contributed by atoms with van der Waals surface area (Å²) in [6.07, 6.45) is 4.94. The number of likely N-dealkylation sites (N-methyl/N-ethyl adjacent to an activating group) is 2. The summed E-state index contributed by atoms with van der Waals surface area (Å²) in [5.74, 6) is 0.0985. The van der Waals surface area contributed by atoms with Crippen LogP contribution in [0.1, 0.15) is 41.1 Å². The van der Waals surface area contributed by atoms with Crippen LogP contribution in [0.25, 0.3) is 10.9 Å². The molecule has 2 saturated heterocycles. The number of aromatic amines is 1. The molecule has 3 aromatic carbocycles. The second-order valence-corrected chi connectivity index (χ2v) is 14.1. The number of hydrogen-bond acceptors (Lipinski definition) is 5. The maximum Gasteiger partial charge on any atom is 0.218 e. The molecule has 3 heterocycles. The van der Waals surface area contributed by atoms with E-state index in [1.807, 2.05) is 24.4 Å². The molecule has 0 bridgehead atoms. The molecule has 2 aliphatic rings. The molecule has 0 radical (unpaired) electrons. The average Bonchev–Trinajstić information content (AvgIpc) is 3.70. The third kappa shape index (κ3) is 8.34. The first-order valence-electron chi connectivity index (χ1n) is 15.5. The van der Waals surface area contributed by atoms with E-state index in [9.17, 15) is 8.42 Å². The first-order valence-corrected chi connectivity index (χ1v) is 17.1. The molecular weight excluding hydrogens is 554 g/mol. The van der Waals surface area contributed by atoms with Gasteiger partial charge in [0.1, 0.15) is 0 Å². The van der Waals surface area contributed by atoms with Crippen LogP contribution in [-0.2, 0) is 22.2 Å². The number of benzene rings is 3. The summed E-state index contributed by atoms with van der Waals surface area (Å²) in [6, 6.07) is 28.1. The molecule has 1 N–H and O–H groups in total. The van der Waals surface area contributed by atoms with Gasteiger partial charge in [0.15, 0.2) is 0 Å². The highest BCUT2D eigenvalue weighted by molar-refractivity contribution is 7.88. The van der Waals surface area contributed by atoms with Crippen LogP contribution in [0.15, 0.2) is 85.1 Å². The maximum atomic E-state index is 12.5. The third-order valence-corrected chi connectivity index (χ3v) is 10.5. The Morgan fingerprint density at radius 2 is 1.42 bits per heavy atom. The van der Waals surface area contributed by atoms with Crippen LogP contribution < -0.4 is 0 Å². The summed E-state index contributed by atoms with van der Waals surface area (Å²) in [4.78, 5) is 10.4. The lowest BCUT2D eigenvalue weighted by atomic mass is 9.96. The van der Waals surface area contributed by atoms with Crippen molar-refractivity contribution in [3.8, 4) is 0 Å². The number of piperazine rings is 1. The van der Waals surface area contributed by atoms with Gasteiger partial charge in [-0.15, -0.1) is 0 Å². The standard InChI is InChI=1S/C18H22N2.C17H25N3O2S/c1-19-12-14-20(15-13-19)18(16-8-4-2-5-9-16)17-10-6-3-7-11-17;1-19(2)10-7-15-12-18-17-6-5-14(11-16(15)17)13-23(21,22)20-8-3-4-9-20/h2-11,18H,12-15H2,1H3;5-6,11-12,18H,3-4,7-10,13H2,1-2H3. The highest BCUT2D eigenvalue weighted by Crippen LogP contribution is 2.29. The lowest BCUT2D eigenvalue weighted by Crippen LogP contribution is -2.46. The molecule has 6 rings (SSSR count). The van der Waals surface area contributed by atoms with Crippen LogP contribution in [0, 0.1) is 0 Å². The van der Waals surface area contributed by atoms with Gasteiger partial charge >= 0.3 is 0 Å². The molecule has 2 fully saturated rings. The van der Waals surface area contributed by atoms with Gasteiger partial charge in [0.2, 0.25) is 10.0 Å². The first-order chi connectivity index (χ1) is 20.8. The van der Waals surface area contributed by atoms with E-state index in [0.29, 0.717) is 19.1 Å². The van der Waals surface area contributed by atoms with E-state index in [1.165, 1.54) is 16.7 Å². The molecule has 43 heavy (non-hydrogen) atoms. The van der Waals surface area contributed by atoms with Crippen molar-refractivity contribution >= 4 is 20.9 Å². The topological polar surface area (TPSA) is 62.9 Å². The number of nitrogens with zero attached hydrogens (tertiary/aromatic N) is 4. The van der Waals surface area contributed by atoms with Crippen LogP contribution in [0.3, 0.4) is 0 Å². The fourth-order valence-electron chi connectivity index (χ4n) is 6.10. The van der Waals surface area contributed by atoms with E-state index < -0.39 is 10.0 Å². The molecule has 0 aliphatic carbocycles. The molecule has 0 saturated carbocycles. The largest absolute Gasteiger partial charge is 0.361 e. The fourth-order valence-corrected chi connectivity index (χ4v) is 7.70. The van der Waals surface area contributed by atoms with Crippen molar-refractivity contribution in [3.63, 3.8) is 0 Å². The molecule has 230 valence electrons. The second-order valence-electron chi connectivity index (χ2n) is 12.2. The van der Waals surface area contributed by atoms with Crippen LogP contribution >= 0.6 is 0 Å². The van der Waals surface area contributed by atoms with Crippen molar-refractivity contribution in [2.24, 2.45) is 0 Å². The predicted molar refractivity (Wildman–Crippen MR) is 178 cm³/mol. The zero-order valence-electron chi connectivity index (χ0n) is 26.0. The minimum Gasteiger partial charge on any atom is -0.361 e. The number of sulfonamides is 1. The van der Waals surface area contributed by atoms with Crippen molar-refractivity contribution in [1.29, 1.82) is 0 Å². The van der Waals surface area contributed by atoms with Crippen molar-refractivity contribution in [3.05, 3.63) is 107 Å². The maximum absolute atomic E-state index is 12.5. The monoisotopic (exact) mass is 601 g/mol. The van der Waals surface area contributed by atoms with Crippen LogP contribution in [0.4, 0.5) is 0 Å². The van der Waals surface area contributed by atoms with Gasteiger partial charge in [-0.3, -0.25) is 4.90 Å². The Morgan fingerprint density at radius 3 is 2.00 bits per heavy atom. The molecule has 0 unspecified atom stereocenters. The fraction of sp³-hybridized carbons (Fsp3) is 0.429. The lowest BCUT2D eigenvalue weighted by molar-refractivity contribution is 0.127. The summed E-state index contributed by atoms with van der Waals surface area (Å²) >= 11 is 0. The SMILES string of the molecule is CN(C)CCc1c[nH]c2ccc(CS(=O)(=O)N3CCCC3)cc12.CN1CCN(C(c2ccccc2)c2ccccc2)CC1. The van der Waals surface area contributed by atoms with Gasteiger partial charge in [-0.1, -0.05) is 66.7 Å². The molecule has 8 heteroatoms.